The van der Waals surface area contributed by atoms with Crippen LogP contribution in [0.25, 0.3) is 0 Å². The van der Waals surface area contributed by atoms with E-state index in [1.54, 1.807) is 7.11 Å². The van der Waals surface area contributed by atoms with Crippen molar-refractivity contribution in [3.63, 3.8) is 0 Å². The molecule has 0 unspecified atom stereocenters. The molecule has 0 aliphatic carbocycles. The summed E-state index contributed by atoms with van der Waals surface area (Å²) in [5.41, 5.74) is 3.76. The van der Waals surface area contributed by atoms with Crippen LogP contribution in [0.1, 0.15) is 48.5 Å². The van der Waals surface area contributed by atoms with Crippen LogP contribution in [0.2, 0.25) is 0 Å². The minimum atomic E-state index is 0.198. The Morgan fingerprint density at radius 1 is 0.800 bits per heavy atom. The van der Waals surface area contributed by atoms with E-state index in [4.69, 9.17) is 14.2 Å². The summed E-state index contributed by atoms with van der Waals surface area (Å²) < 4.78 is 17.6. The Morgan fingerprint density at radius 3 is 2.27 bits per heavy atom. The van der Waals surface area contributed by atoms with E-state index in [0.29, 0.717) is 12.7 Å². The first-order valence-electron chi connectivity index (χ1n) is 10.9. The molecule has 156 valence electrons. The predicted molar refractivity (Wildman–Crippen MR) is 120 cm³/mol. The summed E-state index contributed by atoms with van der Waals surface area (Å²) in [6, 6.07) is 27.0. The molecule has 3 nitrogen and oxygen atoms in total. The monoisotopic (exact) mass is 402 g/mol. The van der Waals surface area contributed by atoms with Crippen molar-refractivity contribution in [2.24, 2.45) is 0 Å². The molecule has 1 fully saturated rings. The minimum absolute atomic E-state index is 0.198. The number of ether oxygens (including phenoxy) is 3. The van der Waals surface area contributed by atoms with Gasteiger partial charge >= 0.3 is 0 Å². The molecule has 0 aromatic heterocycles. The molecule has 3 aromatic rings. The van der Waals surface area contributed by atoms with Gasteiger partial charge in [0.05, 0.1) is 19.3 Å². The highest BCUT2D eigenvalue weighted by molar-refractivity contribution is 5.29. The SMILES string of the molecule is COc1ccc([C@@H]2CCC[C@H](CCc3ccc(OCc4ccccc4)cc3)O2)cc1. The first-order valence-corrected chi connectivity index (χ1v) is 10.9. The molecule has 3 aromatic carbocycles. The lowest BCUT2D eigenvalue weighted by molar-refractivity contribution is -0.0546. The maximum atomic E-state index is 6.41. The summed E-state index contributed by atoms with van der Waals surface area (Å²) in [7, 11) is 1.70. The summed E-state index contributed by atoms with van der Waals surface area (Å²) in [5.74, 6) is 1.80. The van der Waals surface area contributed by atoms with Crippen LogP contribution in [0, 0.1) is 0 Å². The van der Waals surface area contributed by atoms with Crippen LogP contribution in [-0.2, 0) is 17.8 Å². The zero-order valence-corrected chi connectivity index (χ0v) is 17.6. The zero-order valence-electron chi connectivity index (χ0n) is 17.6. The second kappa shape index (κ2) is 10.3. The minimum Gasteiger partial charge on any atom is -0.497 e. The lowest BCUT2D eigenvalue weighted by Gasteiger charge is -2.30. The molecule has 0 spiro atoms. The van der Waals surface area contributed by atoms with Crippen LogP contribution in [0.3, 0.4) is 0 Å². The van der Waals surface area contributed by atoms with Crippen LogP contribution in [0.4, 0.5) is 0 Å². The van der Waals surface area contributed by atoms with Gasteiger partial charge in [0.1, 0.15) is 18.1 Å². The molecule has 0 bridgehead atoms. The lowest BCUT2D eigenvalue weighted by atomic mass is 9.95. The third-order valence-corrected chi connectivity index (χ3v) is 5.76. The first-order chi connectivity index (χ1) is 14.8. The van der Waals surface area contributed by atoms with Crippen LogP contribution in [0.15, 0.2) is 78.9 Å². The number of rotatable bonds is 8. The highest BCUT2D eigenvalue weighted by Crippen LogP contribution is 2.33. The molecule has 0 radical (unpaired) electrons. The molecular weight excluding hydrogens is 372 g/mol. The normalized spacial score (nSPS) is 18.7. The molecule has 2 atom stereocenters. The van der Waals surface area contributed by atoms with Crippen LogP contribution in [-0.4, -0.2) is 13.2 Å². The molecular formula is C27H30O3. The van der Waals surface area contributed by atoms with E-state index in [9.17, 15) is 0 Å². The van der Waals surface area contributed by atoms with Crippen LogP contribution >= 0.6 is 0 Å². The van der Waals surface area contributed by atoms with Gasteiger partial charge < -0.3 is 14.2 Å². The smallest absolute Gasteiger partial charge is 0.119 e. The quantitative estimate of drug-likeness (QED) is 0.429. The summed E-state index contributed by atoms with van der Waals surface area (Å²) in [6.45, 7) is 0.600. The molecule has 3 heteroatoms. The van der Waals surface area contributed by atoms with Crippen molar-refractivity contribution >= 4 is 0 Å². The molecule has 1 heterocycles. The molecule has 1 aliphatic heterocycles. The van der Waals surface area contributed by atoms with Crippen molar-refractivity contribution in [1.82, 2.24) is 0 Å². The Hall–Kier alpha value is -2.78. The fourth-order valence-electron chi connectivity index (χ4n) is 4.00. The van der Waals surface area contributed by atoms with Crippen molar-refractivity contribution in [3.8, 4) is 11.5 Å². The standard InChI is InChI=1S/C27H30O3/c1-28-24-18-13-23(14-19-24)27-9-5-8-26(30-27)17-12-21-10-15-25(16-11-21)29-20-22-6-3-2-4-7-22/h2-4,6-7,10-11,13-16,18-19,26-27H,5,8-9,12,17,20H2,1H3/t26-,27+/m1/s1. The predicted octanol–water partition coefficient (Wildman–Crippen LogP) is 6.52. The van der Waals surface area contributed by atoms with Gasteiger partial charge in [-0.25, -0.2) is 0 Å². The molecule has 1 aliphatic rings. The summed E-state index contributed by atoms with van der Waals surface area (Å²) in [6.07, 6.45) is 6.05. The van der Waals surface area contributed by atoms with E-state index >= 15 is 0 Å². The number of hydrogen-bond acceptors (Lipinski definition) is 3. The third kappa shape index (κ3) is 5.64. The molecule has 0 amide bonds. The average molecular weight is 403 g/mol. The van der Waals surface area contributed by atoms with Crippen molar-refractivity contribution in [2.45, 2.75) is 50.9 Å². The average Bonchev–Trinajstić information content (AvgIpc) is 2.83. The highest BCUT2D eigenvalue weighted by atomic mass is 16.5. The van der Waals surface area contributed by atoms with Gasteiger partial charge in [0.15, 0.2) is 0 Å². The largest absolute Gasteiger partial charge is 0.497 e. The van der Waals surface area contributed by atoms with Gasteiger partial charge in [0, 0.05) is 0 Å². The highest BCUT2D eigenvalue weighted by Gasteiger charge is 2.23. The summed E-state index contributed by atoms with van der Waals surface area (Å²) in [4.78, 5) is 0. The van der Waals surface area contributed by atoms with E-state index < -0.39 is 0 Å². The van der Waals surface area contributed by atoms with E-state index in [-0.39, 0.29) is 6.10 Å². The van der Waals surface area contributed by atoms with Gasteiger partial charge in [0.25, 0.3) is 0 Å². The van der Waals surface area contributed by atoms with Crippen molar-refractivity contribution in [3.05, 3.63) is 95.6 Å². The van der Waals surface area contributed by atoms with Gasteiger partial charge in [-0.3, -0.25) is 0 Å². The fraction of sp³-hybridized carbons (Fsp3) is 0.333. The van der Waals surface area contributed by atoms with Crippen molar-refractivity contribution in [1.29, 1.82) is 0 Å². The number of hydrogen-bond donors (Lipinski definition) is 0. The van der Waals surface area contributed by atoms with E-state index in [2.05, 4.69) is 48.5 Å². The van der Waals surface area contributed by atoms with Gasteiger partial charge in [0.2, 0.25) is 0 Å². The van der Waals surface area contributed by atoms with E-state index in [1.807, 2.05) is 30.3 Å². The molecule has 0 N–H and O–H groups in total. The Balaban J connectivity index is 1.25. The molecule has 30 heavy (non-hydrogen) atoms. The van der Waals surface area contributed by atoms with E-state index in [1.165, 1.54) is 23.1 Å². The third-order valence-electron chi connectivity index (χ3n) is 5.76. The zero-order chi connectivity index (χ0) is 20.6. The van der Waals surface area contributed by atoms with Crippen LogP contribution in [0.5, 0.6) is 11.5 Å². The van der Waals surface area contributed by atoms with E-state index in [0.717, 1.165) is 37.2 Å². The Bertz CT molecular complexity index is 888. The Labute approximate surface area is 179 Å². The number of methoxy groups -OCH3 is 1. The van der Waals surface area contributed by atoms with Gasteiger partial charge in [-0.2, -0.15) is 0 Å². The van der Waals surface area contributed by atoms with Crippen molar-refractivity contribution < 1.29 is 14.2 Å². The first kappa shape index (κ1) is 20.5. The topological polar surface area (TPSA) is 27.7 Å². The van der Waals surface area contributed by atoms with Gasteiger partial charge in [-0.15, -0.1) is 0 Å². The molecule has 1 saturated heterocycles. The molecule has 0 saturated carbocycles. The second-order valence-corrected chi connectivity index (χ2v) is 7.91. The number of benzene rings is 3. The Morgan fingerprint density at radius 2 is 1.53 bits per heavy atom. The fourth-order valence-corrected chi connectivity index (χ4v) is 4.00. The maximum Gasteiger partial charge on any atom is 0.119 e. The Kier molecular flexibility index (Phi) is 7.04. The van der Waals surface area contributed by atoms with Crippen molar-refractivity contribution in [2.75, 3.05) is 7.11 Å². The summed E-state index contributed by atoms with van der Waals surface area (Å²) in [5, 5.41) is 0. The van der Waals surface area contributed by atoms with Gasteiger partial charge in [-0.05, 0) is 73.1 Å². The maximum absolute atomic E-state index is 6.41. The number of aryl methyl sites for hydroxylation is 1. The van der Waals surface area contributed by atoms with Crippen LogP contribution < -0.4 is 9.47 Å². The summed E-state index contributed by atoms with van der Waals surface area (Å²) >= 11 is 0. The molecule has 4 rings (SSSR count). The second-order valence-electron chi connectivity index (χ2n) is 7.91. The lowest BCUT2D eigenvalue weighted by Crippen LogP contribution is -2.23. The van der Waals surface area contributed by atoms with Gasteiger partial charge in [-0.1, -0.05) is 54.6 Å².